The van der Waals surface area contributed by atoms with Crippen LogP contribution in [0.2, 0.25) is 12.1 Å². The second-order valence-corrected chi connectivity index (χ2v) is 4.26. The zero-order chi connectivity index (χ0) is 7.71. The molecule has 0 aromatic heterocycles. The molecule has 0 atom stereocenters. The van der Waals surface area contributed by atoms with Gasteiger partial charge in [-0.05, 0) is 5.41 Å². The molecule has 0 aliphatic heterocycles. The fraction of sp³-hybridized carbons (Fsp3) is 1.00. The summed E-state index contributed by atoms with van der Waals surface area (Å²) in [5.41, 5.74) is 0.391. The van der Waals surface area contributed by atoms with Crippen LogP contribution in [0.1, 0.15) is 34.6 Å². The first-order valence-electron chi connectivity index (χ1n) is 3.62. The van der Waals surface area contributed by atoms with Crippen LogP contribution in [0.4, 0.5) is 0 Å². The van der Waals surface area contributed by atoms with Gasteiger partial charge in [-0.25, -0.2) is 0 Å². The highest BCUT2D eigenvalue weighted by Gasteiger charge is 2.30. The van der Waals surface area contributed by atoms with Crippen LogP contribution in [-0.4, -0.2) is 7.28 Å². The molecule has 0 amide bonds. The van der Waals surface area contributed by atoms with E-state index < -0.39 is 0 Å². The molecular formula is C8H18B. The number of rotatable bonds is 1. The van der Waals surface area contributed by atoms with E-state index in [1.807, 2.05) is 0 Å². The van der Waals surface area contributed by atoms with Crippen molar-refractivity contribution >= 4 is 7.28 Å². The highest BCUT2D eigenvalue weighted by molar-refractivity contribution is 6.38. The van der Waals surface area contributed by atoms with Gasteiger partial charge in [-0.15, -0.1) is 0 Å². The van der Waals surface area contributed by atoms with Crippen LogP contribution < -0.4 is 0 Å². The Morgan fingerprint density at radius 1 is 0.889 bits per heavy atom. The maximum atomic E-state index is 2.27. The third-order valence-electron chi connectivity index (χ3n) is 2.65. The van der Waals surface area contributed by atoms with E-state index in [0.717, 1.165) is 0 Å². The van der Waals surface area contributed by atoms with E-state index in [0.29, 0.717) is 10.7 Å². The van der Waals surface area contributed by atoms with Crippen molar-refractivity contribution in [3.8, 4) is 0 Å². The summed E-state index contributed by atoms with van der Waals surface area (Å²) in [4.78, 5) is 0. The lowest BCUT2D eigenvalue weighted by Crippen LogP contribution is -2.27. The molecule has 9 heavy (non-hydrogen) atoms. The number of hydrogen-bond donors (Lipinski definition) is 0. The molecule has 0 heterocycles. The minimum atomic E-state index is 0.354. The Morgan fingerprint density at radius 2 is 1.22 bits per heavy atom. The van der Waals surface area contributed by atoms with Crippen molar-refractivity contribution in [2.75, 3.05) is 0 Å². The Balaban J connectivity index is 4.14. The zero-order valence-corrected chi connectivity index (χ0v) is 7.58. The van der Waals surface area contributed by atoms with Crippen molar-refractivity contribution in [3.05, 3.63) is 0 Å². The summed E-state index contributed by atoms with van der Waals surface area (Å²) in [6, 6.07) is 0. The smallest absolute Gasteiger partial charge is 0.0914 e. The van der Waals surface area contributed by atoms with Gasteiger partial charge >= 0.3 is 0 Å². The Hall–Kier alpha value is 0.0649. The Kier molecular flexibility index (Phi) is 2.38. The molecule has 1 heteroatoms. The van der Waals surface area contributed by atoms with Crippen LogP contribution in [0.15, 0.2) is 0 Å². The molecule has 0 aromatic carbocycles. The maximum absolute atomic E-state index is 2.27. The molecule has 0 saturated heterocycles. The largest absolute Gasteiger partial charge is 0.114 e. The highest BCUT2D eigenvalue weighted by atomic mass is 14.3. The summed E-state index contributed by atoms with van der Waals surface area (Å²) >= 11 is 0. The normalized spacial score (nSPS) is 13.6. The third kappa shape index (κ3) is 2.04. The summed E-state index contributed by atoms with van der Waals surface area (Å²) in [6.45, 7) is 13.5. The van der Waals surface area contributed by atoms with Crippen LogP contribution in [0.3, 0.4) is 0 Å². The molecule has 0 saturated carbocycles. The molecule has 53 valence electrons. The summed E-state index contributed by atoms with van der Waals surface area (Å²) in [7, 11) is 2.27. The van der Waals surface area contributed by atoms with Gasteiger partial charge in [-0.3, -0.25) is 0 Å². The maximum Gasteiger partial charge on any atom is 0.114 e. The van der Waals surface area contributed by atoms with Crippen LogP contribution in [-0.2, 0) is 0 Å². The van der Waals surface area contributed by atoms with E-state index in [1.165, 1.54) is 0 Å². The van der Waals surface area contributed by atoms with Gasteiger partial charge in [0.25, 0.3) is 0 Å². The van der Waals surface area contributed by atoms with Gasteiger partial charge in [0.15, 0.2) is 0 Å². The standard InChI is InChI=1S/C8H18B/c1-7(2,3)8(4,5)9-6/h1-6H3. The zero-order valence-electron chi connectivity index (χ0n) is 7.58. The van der Waals surface area contributed by atoms with Crippen molar-refractivity contribution < 1.29 is 0 Å². The van der Waals surface area contributed by atoms with E-state index in [2.05, 4.69) is 48.7 Å². The molecule has 0 unspecified atom stereocenters. The second-order valence-electron chi connectivity index (χ2n) is 4.26. The quantitative estimate of drug-likeness (QED) is 0.472. The predicted octanol–water partition coefficient (Wildman–Crippen LogP) is 2.98. The summed E-state index contributed by atoms with van der Waals surface area (Å²) < 4.78 is 0. The van der Waals surface area contributed by atoms with Gasteiger partial charge in [-0.1, -0.05) is 46.8 Å². The SMILES string of the molecule is C[B]C(C)(C)C(C)(C)C. The Morgan fingerprint density at radius 3 is 1.22 bits per heavy atom. The topological polar surface area (TPSA) is 0 Å². The molecule has 0 rings (SSSR count). The first kappa shape index (κ1) is 9.06. The van der Waals surface area contributed by atoms with Gasteiger partial charge in [0, 0.05) is 0 Å². The van der Waals surface area contributed by atoms with E-state index in [-0.39, 0.29) is 0 Å². The van der Waals surface area contributed by atoms with Gasteiger partial charge in [-0.2, -0.15) is 0 Å². The second kappa shape index (κ2) is 2.36. The predicted molar refractivity (Wildman–Crippen MR) is 45.1 cm³/mol. The molecule has 0 N–H and O–H groups in total. The average Bonchev–Trinajstić information content (AvgIpc) is 1.64. The van der Waals surface area contributed by atoms with E-state index in [4.69, 9.17) is 0 Å². The van der Waals surface area contributed by atoms with Crippen molar-refractivity contribution in [2.45, 2.75) is 46.8 Å². The highest BCUT2D eigenvalue weighted by Crippen LogP contribution is 2.43. The molecular weight excluding hydrogens is 107 g/mol. The van der Waals surface area contributed by atoms with Gasteiger partial charge in [0.05, 0.1) is 0 Å². The average molecular weight is 125 g/mol. The first-order chi connectivity index (χ1) is 3.81. The molecule has 0 fully saturated rings. The Labute approximate surface area is 60.3 Å². The fourth-order valence-electron chi connectivity index (χ4n) is 0.433. The van der Waals surface area contributed by atoms with Gasteiger partial charge in [0.1, 0.15) is 7.28 Å². The molecule has 0 aromatic rings. The minimum absolute atomic E-state index is 0.354. The lowest BCUT2D eigenvalue weighted by Gasteiger charge is -2.37. The minimum Gasteiger partial charge on any atom is -0.0914 e. The van der Waals surface area contributed by atoms with Gasteiger partial charge in [0.2, 0.25) is 0 Å². The monoisotopic (exact) mass is 125 g/mol. The lowest BCUT2D eigenvalue weighted by molar-refractivity contribution is 0.299. The molecule has 1 radical (unpaired) electrons. The fourth-order valence-corrected chi connectivity index (χ4v) is 0.433. The van der Waals surface area contributed by atoms with Crippen LogP contribution in [0.25, 0.3) is 0 Å². The van der Waals surface area contributed by atoms with E-state index >= 15 is 0 Å². The first-order valence-corrected chi connectivity index (χ1v) is 3.62. The van der Waals surface area contributed by atoms with Gasteiger partial charge < -0.3 is 0 Å². The lowest BCUT2D eigenvalue weighted by atomic mass is 9.46. The molecule has 0 aliphatic carbocycles. The third-order valence-corrected chi connectivity index (χ3v) is 2.65. The molecule has 0 nitrogen and oxygen atoms in total. The van der Waals surface area contributed by atoms with Crippen molar-refractivity contribution in [1.29, 1.82) is 0 Å². The summed E-state index contributed by atoms with van der Waals surface area (Å²) in [5.74, 6) is 0. The summed E-state index contributed by atoms with van der Waals surface area (Å²) in [5, 5.41) is 0.354. The van der Waals surface area contributed by atoms with E-state index in [9.17, 15) is 0 Å². The van der Waals surface area contributed by atoms with Crippen molar-refractivity contribution in [3.63, 3.8) is 0 Å². The molecule has 0 aliphatic rings. The van der Waals surface area contributed by atoms with Crippen LogP contribution in [0, 0.1) is 5.41 Å². The van der Waals surface area contributed by atoms with E-state index in [1.54, 1.807) is 0 Å². The summed E-state index contributed by atoms with van der Waals surface area (Å²) in [6.07, 6.45) is 0. The van der Waals surface area contributed by atoms with Crippen LogP contribution >= 0.6 is 0 Å². The molecule has 0 bridgehead atoms. The number of hydrogen-bond acceptors (Lipinski definition) is 0. The van der Waals surface area contributed by atoms with Crippen molar-refractivity contribution in [2.24, 2.45) is 5.41 Å². The van der Waals surface area contributed by atoms with Crippen molar-refractivity contribution in [1.82, 2.24) is 0 Å². The van der Waals surface area contributed by atoms with Crippen LogP contribution in [0.5, 0.6) is 0 Å². The Bertz CT molecular complexity index is 87.2. The molecule has 0 spiro atoms.